The molecule has 0 bridgehead atoms. The van der Waals surface area contributed by atoms with Gasteiger partial charge in [-0.2, -0.15) is 5.10 Å². The van der Waals surface area contributed by atoms with Gasteiger partial charge in [0.15, 0.2) is 0 Å². The van der Waals surface area contributed by atoms with Gasteiger partial charge in [0.25, 0.3) is 17.7 Å². The summed E-state index contributed by atoms with van der Waals surface area (Å²) in [6.45, 7) is 6.06. The summed E-state index contributed by atoms with van der Waals surface area (Å²) in [5.41, 5.74) is 1.44. The zero-order chi connectivity index (χ0) is 41.9. The maximum absolute atomic E-state index is 14.5. The van der Waals surface area contributed by atoms with Gasteiger partial charge >= 0.3 is 0 Å². The van der Waals surface area contributed by atoms with E-state index in [1.54, 1.807) is 37.4 Å². The number of methoxy groups -OCH3 is 1. The van der Waals surface area contributed by atoms with Gasteiger partial charge in [-0.15, -0.1) is 0 Å². The number of amides is 5. The van der Waals surface area contributed by atoms with Crippen LogP contribution in [-0.4, -0.2) is 92.9 Å². The molecule has 2 saturated heterocycles. The SMILES string of the molecule is COc1cc2nn(C3CCC(CN4CCC5(CC4)CC(Nc4cccc6c4C(=O)N(C4CCC(=O)NC4=O)C6=O)C5)CC3)cc2cc1NC(=O)c1cccc(C(C)(C)F)n1. The fourth-order valence-corrected chi connectivity index (χ4v) is 10.1. The molecular weight excluding hydrogens is 768 g/mol. The Bertz CT molecular complexity index is 2380. The number of imide groups is 2. The van der Waals surface area contributed by atoms with Crippen LogP contribution >= 0.6 is 0 Å². The highest BCUT2D eigenvalue weighted by atomic mass is 19.1. The number of aromatic nitrogens is 3. The van der Waals surface area contributed by atoms with Gasteiger partial charge in [0, 0.05) is 42.3 Å². The molecule has 9 rings (SSSR count). The molecule has 5 amide bonds. The highest BCUT2D eigenvalue weighted by Crippen LogP contribution is 2.51. The molecule has 1 spiro atoms. The van der Waals surface area contributed by atoms with Crippen LogP contribution in [0.1, 0.15) is 121 Å². The van der Waals surface area contributed by atoms with Crippen LogP contribution in [0.3, 0.4) is 0 Å². The maximum Gasteiger partial charge on any atom is 0.274 e. The first kappa shape index (κ1) is 39.7. The fourth-order valence-electron chi connectivity index (χ4n) is 10.1. The zero-order valence-electron chi connectivity index (χ0n) is 34.3. The summed E-state index contributed by atoms with van der Waals surface area (Å²) in [5.74, 6) is -1.31. The van der Waals surface area contributed by atoms with Gasteiger partial charge in [-0.25, -0.2) is 9.37 Å². The molecule has 2 aromatic carbocycles. The number of nitrogens with zero attached hydrogens (tertiary/aromatic N) is 5. The monoisotopic (exact) mass is 818 g/mol. The van der Waals surface area contributed by atoms with Gasteiger partial charge in [-0.1, -0.05) is 12.1 Å². The molecule has 4 aromatic rings. The quantitative estimate of drug-likeness (QED) is 0.153. The molecule has 0 radical (unpaired) electrons. The van der Waals surface area contributed by atoms with Crippen LogP contribution in [0.15, 0.2) is 54.7 Å². The van der Waals surface area contributed by atoms with Crippen LogP contribution in [0.25, 0.3) is 10.9 Å². The van der Waals surface area contributed by atoms with Crippen molar-refractivity contribution in [1.29, 1.82) is 0 Å². The van der Waals surface area contributed by atoms with Gasteiger partial charge in [-0.3, -0.25) is 38.9 Å². The molecule has 1 atom stereocenters. The van der Waals surface area contributed by atoms with Crippen LogP contribution in [0.4, 0.5) is 15.8 Å². The van der Waals surface area contributed by atoms with Crippen LogP contribution < -0.4 is 20.7 Å². The summed E-state index contributed by atoms with van der Waals surface area (Å²) in [6, 6.07) is 13.2. The summed E-state index contributed by atoms with van der Waals surface area (Å²) < 4.78 is 22.2. The van der Waals surface area contributed by atoms with Crippen molar-refractivity contribution in [1.82, 2.24) is 29.9 Å². The molecule has 314 valence electrons. The first-order chi connectivity index (χ1) is 28.8. The number of carbonyl (C=O) groups excluding carboxylic acids is 5. The number of pyridine rings is 1. The lowest BCUT2D eigenvalue weighted by Crippen LogP contribution is -2.54. The van der Waals surface area contributed by atoms with Gasteiger partial charge in [0.2, 0.25) is 11.8 Å². The largest absolute Gasteiger partial charge is 0.494 e. The third-order valence-electron chi connectivity index (χ3n) is 13.5. The van der Waals surface area contributed by atoms with E-state index in [4.69, 9.17) is 9.84 Å². The number of alkyl halides is 1. The van der Waals surface area contributed by atoms with Crippen molar-refractivity contribution < 1.29 is 33.1 Å². The van der Waals surface area contributed by atoms with Crippen LogP contribution in [0.2, 0.25) is 0 Å². The molecule has 1 unspecified atom stereocenters. The summed E-state index contributed by atoms with van der Waals surface area (Å²) in [5, 5.41) is 14.5. The summed E-state index contributed by atoms with van der Waals surface area (Å²) in [6.07, 6.45) is 10.9. The Morgan fingerprint density at radius 2 is 1.72 bits per heavy atom. The molecule has 2 saturated carbocycles. The molecule has 2 aliphatic carbocycles. The van der Waals surface area contributed by atoms with E-state index in [-0.39, 0.29) is 41.7 Å². The van der Waals surface area contributed by atoms with Gasteiger partial charge in [0.05, 0.1) is 41.2 Å². The second-order valence-electron chi connectivity index (χ2n) is 18.0. The number of fused-ring (bicyclic) bond motifs is 2. The molecule has 5 heterocycles. The number of benzene rings is 2. The minimum Gasteiger partial charge on any atom is -0.494 e. The van der Waals surface area contributed by atoms with E-state index in [2.05, 4.69) is 30.5 Å². The Morgan fingerprint density at radius 3 is 2.43 bits per heavy atom. The smallest absolute Gasteiger partial charge is 0.274 e. The minimum atomic E-state index is -1.67. The average molecular weight is 819 g/mol. The standard InChI is InChI=1S/C45H51FN8O6/c1-44(2,46)37-9-5-8-32(48-37)40(56)49-34-20-27-25-53(51-33(27)21-36(34)60-3)29-12-10-26(11-13-29)24-52-18-16-45(17-19-52)22-28(23-45)47-31-7-4-6-30-39(31)43(59)54(42(30)58)35-14-15-38(55)50-41(35)57/h4-9,20-21,25-26,28-29,35,47H,10-19,22-24H2,1-3H3,(H,49,56)(H,50,55,57). The maximum atomic E-state index is 14.5. The normalized spacial score (nSPS) is 23.4. The van der Waals surface area contributed by atoms with Crippen LogP contribution in [-0.2, 0) is 15.3 Å². The minimum absolute atomic E-state index is 0.0887. The van der Waals surface area contributed by atoms with E-state index in [9.17, 15) is 28.4 Å². The Labute approximate surface area is 347 Å². The second kappa shape index (κ2) is 15.4. The molecule has 3 N–H and O–H groups in total. The number of rotatable bonds is 10. The van der Waals surface area contributed by atoms with E-state index in [0.29, 0.717) is 34.2 Å². The Balaban J connectivity index is 0.750. The number of piperidine rings is 2. The lowest BCUT2D eigenvalue weighted by molar-refractivity contribution is -0.136. The molecule has 60 heavy (non-hydrogen) atoms. The highest BCUT2D eigenvalue weighted by Gasteiger charge is 2.48. The Kier molecular flexibility index (Phi) is 10.2. The highest BCUT2D eigenvalue weighted by molar-refractivity contribution is 6.25. The summed E-state index contributed by atoms with van der Waals surface area (Å²) in [4.78, 5) is 72.1. The second-order valence-corrected chi connectivity index (χ2v) is 18.0. The molecular formula is C45H51FN8O6. The topological polar surface area (TPSA) is 168 Å². The number of ether oxygens (including phenoxy) is 1. The summed E-state index contributed by atoms with van der Waals surface area (Å²) >= 11 is 0. The van der Waals surface area contributed by atoms with Crippen molar-refractivity contribution in [3.05, 3.63) is 77.2 Å². The van der Waals surface area contributed by atoms with E-state index >= 15 is 0 Å². The number of carbonyl (C=O) groups is 5. The lowest BCUT2D eigenvalue weighted by Gasteiger charge is -2.53. The number of hydrogen-bond acceptors (Lipinski definition) is 10. The van der Waals surface area contributed by atoms with Crippen molar-refractivity contribution in [3.63, 3.8) is 0 Å². The van der Waals surface area contributed by atoms with Crippen molar-refractivity contribution in [2.45, 2.75) is 102 Å². The molecule has 14 nitrogen and oxygen atoms in total. The van der Waals surface area contributed by atoms with E-state index in [1.165, 1.54) is 13.8 Å². The van der Waals surface area contributed by atoms with Crippen molar-refractivity contribution in [3.8, 4) is 5.75 Å². The van der Waals surface area contributed by atoms with Crippen molar-refractivity contribution in [2.24, 2.45) is 11.3 Å². The third-order valence-corrected chi connectivity index (χ3v) is 13.5. The molecule has 4 fully saturated rings. The zero-order valence-corrected chi connectivity index (χ0v) is 34.3. The molecule has 3 aliphatic heterocycles. The molecule has 2 aromatic heterocycles. The van der Waals surface area contributed by atoms with Gasteiger partial charge < -0.3 is 20.3 Å². The van der Waals surface area contributed by atoms with Gasteiger partial charge in [0.1, 0.15) is 23.2 Å². The van der Waals surface area contributed by atoms with Crippen LogP contribution in [0, 0.1) is 11.3 Å². The lowest BCUT2D eigenvalue weighted by atomic mass is 9.60. The Hall–Kier alpha value is -5.70. The Morgan fingerprint density at radius 1 is 0.967 bits per heavy atom. The number of likely N-dealkylation sites (tertiary alicyclic amines) is 1. The average Bonchev–Trinajstić information content (AvgIpc) is 3.75. The predicted octanol–water partition coefficient (Wildman–Crippen LogP) is 6.39. The number of halogens is 1. The van der Waals surface area contributed by atoms with E-state index in [1.807, 2.05) is 24.4 Å². The third kappa shape index (κ3) is 7.52. The summed E-state index contributed by atoms with van der Waals surface area (Å²) in [7, 11) is 1.55. The molecule has 15 heteroatoms. The number of nitrogens with one attached hydrogen (secondary N) is 3. The van der Waals surface area contributed by atoms with E-state index in [0.717, 1.165) is 86.8 Å². The number of anilines is 2. The first-order valence-corrected chi connectivity index (χ1v) is 21.2. The van der Waals surface area contributed by atoms with Crippen molar-refractivity contribution >= 4 is 51.8 Å². The number of hydrogen-bond donors (Lipinski definition) is 3. The molecule has 5 aliphatic rings. The van der Waals surface area contributed by atoms with Crippen LogP contribution in [0.5, 0.6) is 5.75 Å². The fraction of sp³-hybridized carbons (Fsp3) is 0.489. The first-order valence-electron chi connectivity index (χ1n) is 21.2. The van der Waals surface area contributed by atoms with E-state index < -0.39 is 41.2 Å². The van der Waals surface area contributed by atoms with Crippen molar-refractivity contribution in [2.75, 3.05) is 37.4 Å². The van der Waals surface area contributed by atoms with Gasteiger partial charge in [-0.05, 0) is 126 Å². The predicted molar refractivity (Wildman–Crippen MR) is 221 cm³/mol.